The zero-order valence-corrected chi connectivity index (χ0v) is 12.5. The smallest absolute Gasteiger partial charge is 0.224 e. The molecule has 0 bridgehead atoms. The second-order valence-corrected chi connectivity index (χ2v) is 4.90. The van der Waals surface area contributed by atoms with Crippen LogP contribution in [0.2, 0.25) is 0 Å². The molecule has 1 aromatic carbocycles. The molecule has 3 N–H and O–H groups in total. The van der Waals surface area contributed by atoms with Gasteiger partial charge in [-0.2, -0.15) is 0 Å². The Morgan fingerprint density at radius 3 is 2.26 bits per heavy atom. The van der Waals surface area contributed by atoms with Crippen LogP contribution < -0.4 is 11.1 Å². The van der Waals surface area contributed by atoms with Crippen molar-refractivity contribution in [1.29, 1.82) is 0 Å². The molecule has 0 saturated heterocycles. The highest BCUT2D eigenvalue weighted by molar-refractivity contribution is 5.90. The van der Waals surface area contributed by atoms with Gasteiger partial charge < -0.3 is 11.1 Å². The average molecular weight is 305 g/mol. The van der Waals surface area contributed by atoms with E-state index in [1.165, 1.54) is 0 Å². The number of carbonyl (C=O) groups is 1. The Morgan fingerprint density at radius 1 is 1.11 bits per heavy atom. The molecular formula is C14H22Cl2N2O. The number of nitrogens with one attached hydrogen (secondary N) is 1. The zero-order chi connectivity index (χ0) is 12.1. The van der Waals surface area contributed by atoms with E-state index in [4.69, 9.17) is 5.73 Å². The maximum absolute atomic E-state index is 11.8. The van der Waals surface area contributed by atoms with Gasteiger partial charge in [-0.15, -0.1) is 24.8 Å². The van der Waals surface area contributed by atoms with E-state index in [2.05, 4.69) is 5.32 Å². The van der Waals surface area contributed by atoms with E-state index in [-0.39, 0.29) is 30.7 Å². The van der Waals surface area contributed by atoms with Crippen LogP contribution in [-0.2, 0) is 4.79 Å². The van der Waals surface area contributed by atoms with Gasteiger partial charge in [0.2, 0.25) is 5.91 Å². The Hall–Kier alpha value is -0.770. The first-order valence-corrected chi connectivity index (χ1v) is 6.34. The summed E-state index contributed by atoms with van der Waals surface area (Å²) in [6.07, 6.45) is 4.92. The van der Waals surface area contributed by atoms with Gasteiger partial charge in [0.15, 0.2) is 0 Å². The highest BCUT2D eigenvalue weighted by atomic mass is 35.5. The molecule has 2 rings (SSSR count). The van der Waals surface area contributed by atoms with Crippen LogP contribution in [-0.4, -0.2) is 11.9 Å². The first-order valence-electron chi connectivity index (χ1n) is 6.34. The van der Waals surface area contributed by atoms with Gasteiger partial charge in [0, 0.05) is 18.2 Å². The van der Waals surface area contributed by atoms with Crippen LogP contribution in [0.15, 0.2) is 30.3 Å². The van der Waals surface area contributed by atoms with Crippen molar-refractivity contribution in [3.63, 3.8) is 0 Å². The number of carbonyl (C=O) groups excluding carboxylic acids is 1. The van der Waals surface area contributed by atoms with Gasteiger partial charge in [-0.25, -0.2) is 0 Å². The third-order valence-corrected chi connectivity index (χ3v) is 3.42. The SMILES string of the molecule is Cl.Cl.NC1CCC(CC(=O)Nc2ccccc2)CC1. The van der Waals surface area contributed by atoms with Gasteiger partial charge in [-0.05, 0) is 43.7 Å². The molecule has 0 atom stereocenters. The van der Waals surface area contributed by atoms with E-state index >= 15 is 0 Å². The summed E-state index contributed by atoms with van der Waals surface area (Å²) in [6, 6.07) is 9.97. The number of amides is 1. The van der Waals surface area contributed by atoms with Gasteiger partial charge in [0.25, 0.3) is 0 Å². The maximum atomic E-state index is 11.8. The Morgan fingerprint density at radius 2 is 1.68 bits per heavy atom. The van der Waals surface area contributed by atoms with E-state index in [0.29, 0.717) is 18.4 Å². The summed E-state index contributed by atoms with van der Waals surface area (Å²) in [4.78, 5) is 11.8. The number of anilines is 1. The van der Waals surface area contributed by atoms with E-state index in [1.54, 1.807) is 0 Å². The second kappa shape index (κ2) is 9.18. The summed E-state index contributed by atoms with van der Waals surface area (Å²) in [5.74, 6) is 0.634. The lowest BCUT2D eigenvalue weighted by molar-refractivity contribution is -0.117. The number of rotatable bonds is 3. The number of para-hydroxylation sites is 1. The quantitative estimate of drug-likeness (QED) is 0.899. The molecule has 0 aliphatic heterocycles. The summed E-state index contributed by atoms with van der Waals surface area (Å²) in [5, 5.41) is 2.93. The van der Waals surface area contributed by atoms with Crippen LogP contribution in [0.3, 0.4) is 0 Å². The highest BCUT2D eigenvalue weighted by Crippen LogP contribution is 2.26. The molecule has 1 saturated carbocycles. The van der Waals surface area contributed by atoms with E-state index < -0.39 is 0 Å². The van der Waals surface area contributed by atoms with Gasteiger partial charge in [-0.1, -0.05) is 18.2 Å². The lowest BCUT2D eigenvalue weighted by atomic mass is 9.84. The molecular weight excluding hydrogens is 283 g/mol. The largest absolute Gasteiger partial charge is 0.328 e. The number of halogens is 2. The molecule has 1 aliphatic rings. The van der Waals surface area contributed by atoms with Crippen LogP contribution >= 0.6 is 24.8 Å². The first kappa shape index (κ1) is 18.2. The highest BCUT2D eigenvalue weighted by Gasteiger charge is 2.20. The topological polar surface area (TPSA) is 55.1 Å². The molecule has 0 spiro atoms. The summed E-state index contributed by atoms with van der Waals surface area (Å²) < 4.78 is 0. The zero-order valence-electron chi connectivity index (χ0n) is 10.9. The van der Waals surface area contributed by atoms with Gasteiger partial charge in [-0.3, -0.25) is 4.79 Å². The summed E-state index contributed by atoms with van der Waals surface area (Å²) in [7, 11) is 0. The molecule has 1 fully saturated rings. The Kier molecular flexibility index (Phi) is 8.81. The number of hydrogen-bond donors (Lipinski definition) is 2. The molecule has 3 nitrogen and oxygen atoms in total. The molecule has 1 aliphatic carbocycles. The van der Waals surface area contributed by atoms with Gasteiger partial charge in [0.1, 0.15) is 0 Å². The molecule has 0 aromatic heterocycles. The van der Waals surface area contributed by atoms with E-state index in [0.717, 1.165) is 31.4 Å². The molecule has 0 unspecified atom stereocenters. The second-order valence-electron chi connectivity index (χ2n) is 4.90. The fraction of sp³-hybridized carbons (Fsp3) is 0.500. The minimum atomic E-state index is 0. The fourth-order valence-electron chi connectivity index (χ4n) is 2.39. The monoisotopic (exact) mass is 304 g/mol. The van der Waals surface area contributed by atoms with Crippen LogP contribution in [0.5, 0.6) is 0 Å². The Labute approximate surface area is 127 Å². The summed E-state index contributed by atoms with van der Waals surface area (Å²) in [6.45, 7) is 0. The summed E-state index contributed by atoms with van der Waals surface area (Å²) >= 11 is 0. The van der Waals surface area contributed by atoms with Crippen molar-refractivity contribution in [2.75, 3.05) is 5.32 Å². The van der Waals surface area contributed by atoms with Crippen molar-refractivity contribution in [2.24, 2.45) is 11.7 Å². The van der Waals surface area contributed by atoms with Crippen LogP contribution in [0.4, 0.5) is 5.69 Å². The minimum absolute atomic E-state index is 0. The van der Waals surface area contributed by atoms with Crippen molar-refractivity contribution in [1.82, 2.24) is 0 Å². The summed E-state index contributed by atoms with van der Waals surface area (Å²) in [5.41, 5.74) is 6.73. The lowest BCUT2D eigenvalue weighted by Gasteiger charge is -2.25. The van der Waals surface area contributed by atoms with E-state index in [1.807, 2.05) is 30.3 Å². The van der Waals surface area contributed by atoms with Crippen LogP contribution in [0.25, 0.3) is 0 Å². The molecule has 108 valence electrons. The van der Waals surface area contributed by atoms with Crippen molar-refractivity contribution in [3.8, 4) is 0 Å². The first-order chi connectivity index (χ1) is 8.24. The van der Waals surface area contributed by atoms with Crippen molar-refractivity contribution < 1.29 is 4.79 Å². The Balaban J connectivity index is 0.00000162. The average Bonchev–Trinajstić information content (AvgIpc) is 2.33. The Bertz CT molecular complexity index is 365. The van der Waals surface area contributed by atoms with Crippen molar-refractivity contribution in [3.05, 3.63) is 30.3 Å². The predicted molar refractivity (Wildman–Crippen MR) is 84.1 cm³/mol. The minimum Gasteiger partial charge on any atom is -0.328 e. The number of nitrogens with two attached hydrogens (primary N) is 1. The van der Waals surface area contributed by atoms with Crippen LogP contribution in [0.1, 0.15) is 32.1 Å². The molecule has 0 heterocycles. The normalized spacial score (nSPS) is 21.7. The maximum Gasteiger partial charge on any atom is 0.224 e. The van der Waals surface area contributed by atoms with Gasteiger partial charge in [0.05, 0.1) is 0 Å². The van der Waals surface area contributed by atoms with Crippen molar-refractivity contribution >= 4 is 36.4 Å². The molecule has 19 heavy (non-hydrogen) atoms. The molecule has 0 radical (unpaired) electrons. The van der Waals surface area contributed by atoms with E-state index in [9.17, 15) is 4.79 Å². The number of benzene rings is 1. The molecule has 1 amide bonds. The third-order valence-electron chi connectivity index (χ3n) is 3.42. The van der Waals surface area contributed by atoms with Gasteiger partial charge >= 0.3 is 0 Å². The molecule has 5 heteroatoms. The molecule has 1 aromatic rings. The van der Waals surface area contributed by atoms with Crippen LogP contribution in [0, 0.1) is 5.92 Å². The number of hydrogen-bond acceptors (Lipinski definition) is 2. The fourth-order valence-corrected chi connectivity index (χ4v) is 2.39. The third kappa shape index (κ3) is 6.28. The lowest BCUT2D eigenvalue weighted by Crippen LogP contribution is -2.28. The predicted octanol–water partition coefficient (Wildman–Crippen LogP) is 3.38. The standard InChI is InChI=1S/C14H20N2O.2ClH/c15-12-8-6-11(7-9-12)10-14(17)16-13-4-2-1-3-5-13;;/h1-5,11-12H,6-10,15H2,(H,16,17);2*1H. The van der Waals surface area contributed by atoms with Crippen molar-refractivity contribution in [2.45, 2.75) is 38.1 Å².